The van der Waals surface area contributed by atoms with Gasteiger partial charge in [0.05, 0.1) is 23.6 Å². The molecule has 0 spiro atoms. The highest BCUT2D eigenvalue weighted by Gasteiger charge is 2.17. The number of nitriles is 1. The molecule has 0 fully saturated rings. The van der Waals surface area contributed by atoms with Gasteiger partial charge in [-0.05, 0) is 12.1 Å². The summed E-state index contributed by atoms with van der Waals surface area (Å²) in [6.07, 6.45) is 1.46. The van der Waals surface area contributed by atoms with E-state index in [0.717, 1.165) is 0 Å². The van der Waals surface area contributed by atoms with E-state index in [-0.39, 0.29) is 16.4 Å². The van der Waals surface area contributed by atoms with Crippen molar-refractivity contribution in [2.24, 2.45) is 0 Å². The Labute approximate surface area is 134 Å². The van der Waals surface area contributed by atoms with Gasteiger partial charge in [0, 0.05) is 12.1 Å². The van der Waals surface area contributed by atoms with Crippen LogP contribution in [0.2, 0.25) is 0 Å². The number of nitrogens with zero attached hydrogens (tertiary/aromatic N) is 2. The third-order valence-corrected chi connectivity index (χ3v) is 4.36. The number of allylic oxidation sites excluding steroid dienone is 1. The number of ether oxygens (including phenoxy) is 1. The Hall–Kier alpha value is -2.36. The molecular formula is C15H8ClFN2O2S. The molecule has 0 N–H and O–H groups in total. The van der Waals surface area contributed by atoms with Gasteiger partial charge < -0.3 is 9.15 Å². The highest BCUT2D eigenvalue weighted by molar-refractivity contribution is 7.19. The van der Waals surface area contributed by atoms with Crippen molar-refractivity contribution in [1.29, 1.82) is 5.26 Å². The van der Waals surface area contributed by atoms with Gasteiger partial charge in [-0.25, -0.2) is 9.37 Å². The molecule has 2 heterocycles. The van der Waals surface area contributed by atoms with Crippen LogP contribution in [0.25, 0.3) is 20.8 Å². The summed E-state index contributed by atoms with van der Waals surface area (Å²) in [5, 5.41) is 9.92. The number of hydrogen-bond donors (Lipinski definition) is 0. The van der Waals surface area contributed by atoms with Gasteiger partial charge in [0.25, 0.3) is 0 Å². The molecule has 110 valence electrons. The normalized spacial score (nSPS) is 12.1. The first-order chi connectivity index (χ1) is 10.6. The minimum atomic E-state index is -0.508. The second-order valence-electron chi connectivity index (χ2n) is 4.25. The van der Waals surface area contributed by atoms with E-state index in [0.29, 0.717) is 21.0 Å². The second-order valence-corrected chi connectivity index (χ2v) is 5.66. The Balaban J connectivity index is 2.17. The van der Waals surface area contributed by atoms with Gasteiger partial charge >= 0.3 is 0 Å². The van der Waals surface area contributed by atoms with Crippen LogP contribution in [-0.2, 0) is 0 Å². The Kier molecular flexibility index (Phi) is 3.84. The lowest BCUT2D eigenvalue weighted by Crippen LogP contribution is -1.87. The topological polar surface area (TPSA) is 59.0 Å². The van der Waals surface area contributed by atoms with Gasteiger partial charge in [-0.1, -0.05) is 11.6 Å². The fourth-order valence-corrected chi connectivity index (χ4v) is 3.18. The minimum Gasteiger partial charge on any atom is -0.494 e. The molecule has 0 atom stereocenters. The SMILES string of the molecule is COc1cc2sc(/C(C#N)=C(\Cl)c3ccco3)nc2cc1F. The number of hydrogen-bond acceptors (Lipinski definition) is 5. The number of aromatic nitrogens is 1. The Morgan fingerprint density at radius 2 is 2.32 bits per heavy atom. The minimum absolute atomic E-state index is 0.127. The molecule has 0 aliphatic rings. The number of methoxy groups -OCH3 is 1. The Bertz CT molecular complexity index is 910. The van der Waals surface area contributed by atoms with Crippen molar-refractivity contribution in [1.82, 2.24) is 4.98 Å². The fourth-order valence-electron chi connectivity index (χ4n) is 1.91. The highest BCUT2D eigenvalue weighted by atomic mass is 35.5. The second kappa shape index (κ2) is 5.79. The summed E-state index contributed by atoms with van der Waals surface area (Å²) in [5.41, 5.74) is 0.618. The van der Waals surface area contributed by atoms with E-state index < -0.39 is 5.82 Å². The Morgan fingerprint density at radius 1 is 1.50 bits per heavy atom. The number of benzene rings is 1. The number of fused-ring (bicyclic) bond motifs is 1. The van der Waals surface area contributed by atoms with Crippen LogP contribution in [-0.4, -0.2) is 12.1 Å². The lowest BCUT2D eigenvalue weighted by atomic mass is 10.2. The summed E-state index contributed by atoms with van der Waals surface area (Å²) in [4.78, 5) is 4.27. The van der Waals surface area contributed by atoms with Crippen molar-refractivity contribution < 1.29 is 13.5 Å². The molecule has 3 aromatic rings. The first-order valence-corrected chi connectivity index (χ1v) is 7.31. The molecule has 4 nitrogen and oxygen atoms in total. The van der Waals surface area contributed by atoms with Gasteiger partial charge in [-0.3, -0.25) is 0 Å². The van der Waals surface area contributed by atoms with E-state index in [1.807, 2.05) is 6.07 Å². The zero-order valence-corrected chi connectivity index (χ0v) is 12.8. The number of rotatable bonds is 3. The van der Waals surface area contributed by atoms with Gasteiger partial charge in [-0.15, -0.1) is 11.3 Å². The summed E-state index contributed by atoms with van der Waals surface area (Å²) in [7, 11) is 1.39. The molecule has 0 unspecified atom stereocenters. The number of thiazole rings is 1. The lowest BCUT2D eigenvalue weighted by Gasteiger charge is -1.99. The maximum absolute atomic E-state index is 13.7. The first-order valence-electron chi connectivity index (χ1n) is 6.12. The van der Waals surface area contributed by atoms with Crippen LogP contribution in [0.5, 0.6) is 5.75 Å². The predicted molar refractivity (Wildman–Crippen MR) is 83.1 cm³/mol. The zero-order chi connectivity index (χ0) is 15.7. The van der Waals surface area contributed by atoms with Crippen LogP contribution in [0.3, 0.4) is 0 Å². The smallest absolute Gasteiger partial charge is 0.167 e. The van der Waals surface area contributed by atoms with E-state index in [4.69, 9.17) is 20.8 Å². The molecule has 7 heteroatoms. The quantitative estimate of drug-likeness (QED) is 0.653. The average Bonchev–Trinajstić information content (AvgIpc) is 3.15. The molecule has 0 radical (unpaired) electrons. The molecule has 0 saturated heterocycles. The summed E-state index contributed by atoms with van der Waals surface area (Å²) >= 11 is 7.43. The molecule has 3 rings (SSSR count). The van der Waals surface area contributed by atoms with Crippen molar-refractivity contribution in [3.05, 3.63) is 47.1 Å². The Morgan fingerprint density at radius 3 is 2.95 bits per heavy atom. The highest BCUT2D eigenvalue weighted by Crippen LogP contribution is 2.35. The van der Waals surface area contributed by atoms with Crippen molar-refractivity contribution in [3.63, 3.8) is 0 Å². The molecule has 0 amide bonds. The summed E-state index contributed by atoms with van der Waals surface area (Å²) in [5.74, 6) is -0.00461. The number of furan rings is 1. The lowest BCUT2D eigenvalue weighted by molar-refractivity contribution is 0.387. The van der Waals surface area contributed by atoms with Crippen LogP contribution in [0.4, 0.5) is 4.39 Å². The molecule has 0 bridgehead atoms. The van der Waals surface area contributed by atoms with Gasteiger partial charge in [-0.2, -0.15) is 5.26 Å². The molecular weight excluding hydrogens is 327 g/mol. The van der Waals surface area contributed by atoms with E-state index in [1.165, 1.54) is 30.8 Å². The molecule has 0 aliphatic carbocycles. The molecule has 2 aromatic heterocycles. The maximum Gasteiger partial charge on any atom is 0.167 e. The summed E-state index contributed by atoms with van der Waals surface area (Å²) < 4.78 is 24.5. The van der Waals surface area contributed by atoms with Gasteiger partial charge in [0.15, 0.2) is 11.6 Å². The summed E-state index contributed by atoms with van der Waals surface area (Å²) in [6, 6.07) is 8.15. The van der Waals surface area contributed by atoms with Crippen molar-refractivity contribution in [3.8, 4) is 11.8 Å². The van der Waals surface area contributed by atoms with Crippen LogP contribution in [0, 0.1) is 17.1 Å². The van der Waals surface area contributed by atoms with Crippen molar-refractivity contribution >= 4 is 43.8 Å². The number of halogens is 2. The van der Waals surface area contributed by atoms with Crippen LogP contribution < -0.4 is 4.74 Å². The van der Waals surface area contributed by atoms with Crippen molar-refractivity contribution in [2.75, 3.05) is 7.11 Å². The fraction of sp³-hybridized carbons (Fsp3) is 0.0667. The summed E-state index contributed by atoms with van der Waals surface area (Å²) in [6.45, 7) is 0. The van der Waals surface area contributed by atoms with Gasteiger partial charge in [0.1, 0.15) is 27.4 Å². The van der Waals surface area contributed by atoms with E-state index >= 15 is 0 Å². The third kappa shape index (κ3) is 2.45. The maximum atomic E-state index is 13.7. The van der Waals surface area contributed by atoms with Gasteiger partial charge in [0.2, 0.25) is 0 Å². The monoisotopic (exact) mass is 334 g/mol. The third-order valence-electron chi connectivity index (χ3n) is 2.94. The predicted octanol–water partition coefficient (Wildman–Crippen LogP) is 4.67. The molecule has 1 aromatic carbocycles. The van der Waals surface area contributed by atoms with Crippen molar-refractivity contribution in [2.45, 2.75) is 0 Å². The van der Waals surface area contributed by atoms with E-state index in [1.54, 1.807) is 18.2 Å². The zero-order valence-electron chi connectivity index (χ0n) is 11.3. The van der Waals surface area contributed by atoms with Crippen LogP contribution in [0.15, 0.2) is 34.9 Å². The molecule has 22 heavy (non-hydrogen) atoms. The largest absolute Gasteiger partial charge is 0.494 e. The van der Waals surface area contributed by atoms with Crippen LogP contribution >= 0.6 is 22.9 Å². The molecule has 0 saturated carbocycles. The standard InChI is InChI=1S/C15H8ClFN2O2S/c1-20-12-6-13-10(5-9(12)17)19-15(22-13)8(7-18)14(16)11-3-2-4-21-11/h2-6H,1H3/b14-8-. The van der Waals surface area contributed by atoms with E-state index in [9.17, 15) is 9.65 Å². The average molecular weight is 335 g/mol. The van der Waals surface area contributed by atoms with Crippen LogP contribution in [0.1, 0.15) is 10.8 Å². The first kappa shape index (κ1) is 14.6. The molecule has 0 aliphatic heterocycles. The van der Waals surface area contributed by atoms with E-state index in [2.05, 4.69) is 4.98 Å².